The number of likely N-dealkylation sites (tertiary alicyclic amines) is 2. The maximum absolute atomic E-state index is 12.7. The van der Waals surface area contributed by atoms with Crippen molar-refractivity contribution in [1.29, 1.82) is 0 Å². The minimum absolute atomic E-state index is 0.124. The van der Waals surface area contributed by atoms with Crippen LogP contribution in [-0.4, -0.2) is 52.4 Å². The average Bonchev–Trinajstić information content (AvgIpc) is 3.18. The van der Waals surface area contributed by atoms with Crippen LogP contribution in [0.25, 0.3) is 0 Å². The van der Waals surface area contributed by atoms with Gasteiger partial charge in [0.15, 0.2) is 0 Å². The standard InChI is InChI=1S/C18H27N3O2/c1-14-5-10-19(2)17(14)18(23)21-11-6-15(7-12-21)13-16(22)20-8-3-4-9-20/h5,10,15H,3-4,6-9,11-13H2,1-2H3. The van der Waals surface area contributed by atoms with Crippen LogP contribution in [0.15, 0.2) is 12.3 Å². The van der Waals surface area contributed by atoms with E-state index in [1.54, 1.807) is 0 Å². The van der Waals surface area contributed by atoms with Crippen molar-refractivity contribution in [2.45, 2.75) is 39.0 Å². The Kier molecular flexibility index (Phi) is 4.74. The Morgan fingerprint density at radius 2 is 1.74 bits per heavy atom. The molecule has 0 atom stereocenters. The highest BCUT2D eigenvalue weighted by Crippen LogP contribution is 2.24. The van der Waals surface area contributed by atoms with E-state index >= 15 is 0 Å². The number of hydrogen-bond acceptors (Lipinski definition) is 2. The van der Waals surface area contributed by atoms with Crippen molar-refractivity contribution in [3.8, 4) is 0 Å². The highest BCUT2D eigenvalue weighted by atomic mass is 16.2. The summed E-state index contributed by atoms with van der Waals surface area (Å²) in [6.45, 7) is 5.38. The third kappa shape index (κ3) is 3.43. The van der Waals surface area contributed by atoms with Crippen molar-refractivity contribution < 1.29 is 9.59 Å². The summed E-state index contributed by atoms with van der Waals surface area (Å²) in [6.07, 6.45) is 6.77. The second-order valence-electron chi connectivity index (χ2n) is 6.99. The molecule has 1 aromatic heterocycles. The van der Waals surface area contributed by atoms with E-state index in [-0.39, 0.29) is 5.91 Å². The number of nitrogens with zero attached hydrogens (tertiary/aromatic N) is 3. The number of carbonyl (C=O) groups excluding carboxylic acids is 2. The van der Waals surface area contributed by atoms with E-state index in [9.17, 15) is 9.59 Å². The van der Waals surface area contributed by atoms with E-state index in [4.69, 9.17) is 0 Å². The molecular weight excluding hydrogens is 290 g/mol. The van der Waals surface area contributed by atoms with Crippen LogP contribution in [0.5, 0.6) is 0 Å². The number of rotatable bonds is 3. The Labute approximate surface area is 138 Å². The molecule has 23 heavy (non-hydrogen) atoms. The Hall–Kier alpha value is -1.78. The molecule has 0 bridgehead atoms. The summed E-state index contributed by atoms with van der Waals surface area (Å²) in [4.78, 5) is 28.9. The zero-order valence-corrected chi connectivity index (χ0v) is 14.3. The smallest absolute Gasteiger partial charge is 0.270 e. The monoisotopic (exact) mass is 317 g/mol. The normalized spacial score (nSPS) is 19.4. The predicted molar refractivity (Wildman–Crippen MR) is 89.2 cm³/mol. The number of amides is 2. The zero-order chi connectivity index (χ0) is 16.4. The summed E-state index contributed by atoms with van der Waals surface area (Å²) in [7, 11) is 1.92. The lowest BCUT2D eigenvalue weighted by Gasteiger charge is -2.32. The SMILES string of the molecule is Cc1ccn(C)c1C(=O)N1CCC(CC(=O)N2CCCC2)CC1. The molecule has 2 amide bonds. The van der Waals surface area contributed by atoms with Gasteiger partial charge in [0, 0.05) is 45.8 Å². The topological polar surface area (TPSA) is 45.6 Å². The molecule has 126 valence electrons. The quantitative estimate of drug-likeness (QED) is 0.858. The van der Waals surface area contributed by atoms with Gasteiger partial charge in [-0.2, -0.15) is 0 Å². The van der Waals surface area contributed by atoms with Gasteiger partial charge in [0.25, 0.3) is 5.91 Å². The molecule has 2 aliphatic heterocycles. The first-order valence-corrected chi connectivity index (χ1v) is 8.75. The highest BCUT2D eigenvalue weighted by Gasteiger charge is 2.28. The molecule has 0 spiro atoms. The molecule has 2 aliphatic rings. The largest absolute Gasteiger partial charge is 0.346 e. The van der Waals surface area contributed by atoms with Crippen LogP contribution in [0.3, 0.4) is 0 Å². The van der Waals surface area contributed by atoms with Gasteiger partial charge in [-0.05, 0) is 50.2 Å². The molecule has 2 saturated heterocycles. The van der Waals surface area contributed by atoms with Gasteiger partial charge < -0.3 is 14.4 Å². The Bertz CT molecular complexity index is 560. The van der Waals surface area contributed by atoms with Crippen LogP contribution in [0, 0.1) is 12.8 Å². The van der Waals surface area contributed by atoms with Crippen LogP contribution in [0.2, 0.25) is 0 Å². The molecule has 3 heterocycles. The lowest BCUT2D eigenvalue weighted by Crippen LogP contribution is -2.40. The van der Waals surface area contributed by atoms with Gasteiger partial charge in [-0.25, -0.2) is 0 Å². The van der Waals surface area contributed by atoms with Gasteiger partial charge in [0.1, 0.15) is 5.69 Å². The average molecular weight is 317 g/mol. The molecule has 1 aromatic rings. The van der Waals surface area contributed by atoms with Crippen LogP contribution < -0.4 is 0 Å². The van der Waals surface area contributed by atoms with Gasteiger partial charge in [0.2, 0.25) is 5.91 Å². The van der Waals surface area contributed by atoms with Crippen molar-refractivity contribution in [2.75, 3.05) is 26.2 Å². The second kappa shape index (κ2) is 6.77. The summed E-state index contributed by atoms with van der Waals surface area (Å²) in [5, 5.41) is 0. The fraction of sp³-hybridized carbons (Fsp3) is 0.667. The van der Waals surface area contributed by atoms with Gasteiger partial charge in [-0.15, -0.1) is 0 Å². The van der Waals surface area contributed by atoms with E-state index in [1.807, 2.05) is 40.6 Å². The van der Waals surface area contributed by atoms with Crippen molar-refractivity contribution in [3.63, 3.8) is 0 Å². The van der Waals surface area contributed by atoms with Crippen molar-refractivity contribution >= 4 is 11.8 Å². The van der Waals surface area contributed by atoms with E-state index in [0.29, 0.717) is 18.2 Å². The highest BCUT2D eigenvalue weighted by molar-refractivity contribution is 5.94. The molecule has 5 nitrogen and oxygen atoms in total. The maximum atomic E-state index is 12.7. The third-order valence-corrected chi connectivity index (χ3v) is 5.30. The van der Waals surface area contributed by atoms with Crippen molar-refractivity contribution in [2.24, 2.45) is 13.0 Å². The molecule has 0 unspecified atom stereocenters. The third-order valence-electron chi connectivity index (χ3n) is 5.30. The van der Waals surface area contributed by atoms with Gasteiger partial charge >= 0.3 is 0 Å². The summed E-state index contributed by atoms with van der Waals surface area (Å²) < 4.78 is 1.90. The van der Waals surface area contributed by atoms with Gasteiger partial charge in [-0.1, -0.05) is 0 Å². The summed E-state index contributed by atoms with van der Waals surface area (Å²) in [5.74, 6) is 0.867. The lowest BCUT2D eigenvalue weighted by atomic mass is 9.92. The Morgan fingerprint density at radius 1 is 1.09 bits per heavy atom. The molecule has 2 fully saturated rings. The number of hydrogen-bond donors (Lipinski definition) is 0. The second-order valence-corrected chi connectivity index (χ2v) is 6.99. The maximum Gasteiger partial charge on any atom is 0.270 e. The molecule has 5 heteroatoms. The van der Waals surface area contributed by atoms with Crippen LogP contribution in [-0.2, 0) is 11.8 Å². The molecule has 3 rings (SSSR count). The van der Waals surface area contributed by atoms with Crippen LogP contribution in [0.4, 0.5) is 0 Å². The fourth-order valence-corrected chi connectivity index (χ4v) is 3.81. The number of carbonyl (C=O) groups is 2. The van der Waals surface area contributed by atoms with Crippen LogP contribution in [0.1, 0.15) is 48.2 Å². The first kappa shape index (κ1) is 16.1. The minimum atomic E-state index is 0.124. The molecule has 0 aliphatic carbocycles. The molecular formula is C18H27N3O2. The summed E-state index contributed by atoms with van der Waals surface area (Å²) in [6, 6.07) is 1.98. The van der Waals surface area contributed by atoms with Crippen LogP contribution >= 0.6 is 0 Å². The first-order valence-electron chi connectivity index (χ1n) is 8.75. The zero-order valence-electron chi connectivity index (χ0n) is 14.3. The van der Waals surface area contributed by atoms with E-state index in [0.717, 1.165) is 63.1 Å². The number of aromatic nitrogens is 1. The summed E-state index contributed by atoms with van der Waals surface area (Å²) >= 11 is 0. The van der Waals surface area contributed by atoms with Crippen molar-refractivity contribution in [3.05, 3.63) is 23.5 Å². The Morgan fingerprint density at radius 3 is 2.30 bits per heavy atom. The first-order chi connectivity index (χ1) is 11.1. The Balaban J connectivity index is 1.52. The lowest BCUT2D eigenvalue weighted by molar-refractivity contribution is -0.131. The predicted octanol–water partition coefficient (Wildman–Crippen LogP) is 2.20. The molecule has 0 aromatic carbocycles. The van der Waals surface area contributed by atoms with E-state index < -0.39 is 0 Å². The molecule has 0 N–H and O–H groups in total. The number of piperidine rings is 1. The molecule has 0 radical (unpaired) electrons. The number of aryl methyl sites for hydroxylation is 2. The fourth-order valence-electron chi connectivity index (χ4n) is 3.81. The van der Waals surface area contributed by atoms with Gasteiger partial charge in [-0.3, -0.25) is 9.59 Å². The minimum Gasteiger partial charge on any atom is -0.346 e. The van der Waals surface area contributed by atoms with Crippen molar-refractivity contribution in [1.82, 2.24) is 14.4 Å². The van der Waals surface area contributed by atoms with Gasteiger partial charge in [0.05, 0.1) is 0 Å². The van der Waals surface area contributed by atoms with E-state index in [2.05, 4.69) is 0 Å². The summed E-state index contributed by atoms with van der Waals surface area (Å²) in [5.41, 5.74) is 1.82. The van der Waals surface area contributed by atoms with E-state index in [1.165, 1.54) is 0 Å². The molecule has 0 saturated carbocycles.